The lowest BCUT2D eigenvalue weighted by atomic mass is 9.95. The Balaban J connectivity index is 3.67. The smallest absolute Gasteiger partial charge is 0.299 e. The quantitative estimate of drug-likeness (QED) is 0.800. The van der Waals surface area contributed by atoms with Crippen LogP contribution in [0.1, 0.15) is 36.1 Å². The van der Waals surface area contributed by atoms with Crippen molar-refractivity contribution >= 4 is 7.60 Å². The van der Waals surface area contributed by atoms with Crippen LogP contribution in [0.15, 0.2) is 6.07 Å². The monoisotopic (exact) mass is 294 g/mol. The summed E-state index contributed by atoms with van der Waals surface area (Å²) in [5.74, 6) is -1.31. The minimum atomic E-state index is -6.27. The van der Waals surface area contributed by atoms with Crippen LogP contribution in [-0.2, 0) is 23.1 Å². The molecular formula is C12H14F3O3P-2. The van der Waals surface area contributed by atoms with Crippen molar-refractivity contribution in [3.05, 3.63) is 34.1 Å². The Morgan fingerprint density at radius 3 is 2.16 bits per heavy atom. The van der Waals surface area contributed by atoms with Crippen LogP contribution in [0.3, 0.4) is 0 Å². The third kappa shape index (κ3) is 2.71. The maximum Gasteiger partial charge on any atom is 0.299 e. The van der Waals surface area contributed by atoms with Crippen molar-refractivity contribution in [3.63, 3.8) is 0 Å². The van der Waals surface area contributed by atoms with Gasteiger partial charge in [0.2, 0.25) is 0 Å². The zero-order chi connectivity index (χ0) is 15.0. The van der Waals surface area contributed by atoms with E-state index in [0.717, 1.165) is 6.07 Å². The average molecular weight is 294 g/mol. The molecule has 0 N–H and O–H groups in total. The number of hydrogen-bond donors (Lipinski definition) is 0. The maximum atomic E-state index is 14.0. The Morgan fingerprint density at radius 2 is 1.79 bits per heavy atom. The van der Waals surface area contributed by atoms with Gasteiger partial charge in [-0.2, -0.15) is 8.78 Å². The molecule has 0 spiro atoms. The highest BCUT2D eigenvalue weighted by atomic mass is 31.2. The number of hydrogen-bond acceptors (Lipinski definition) is 3. The van der Waals surface area contributed by atoms with E-state index in [1.807, 2.05) is 0 Å². The molecule has 0 heterocycles. The number of alkyl halides is 2. The maximum absolute atomic E-state index is 14.0. The molecule has 3 nitrogen and oxygen atoms in total. The molecule has 7 heteroatoms. The molecular weight excluding hydrogens is 280 g/mol. The first-order valence-corrected chi connectivity index (χ1v) is 7.33. The molecule has 0 unspecified atom stereocenters. The first kappa shape index (κ1) is 16.2. The van der Waals surface area contributed by atoms with Crippen LogP contribution >= 0.6 is 7.60 Å². The predicted molar refractivity (Wildman–Crippen MR) is 61.4 cm³/mol. The van der Waals surface area contributed by atoms with Crippen molar-refractivity contribution in [2.24, 2.45) is 0 Å². The van der Waals surface area contributed by atoms with Crippen LogP contribution < -0.4 is 9.79 Å². The Morgan fingerprint density at radius 1 is 1.26 bits per heavy atom. The summed E-state index contributed by atoms with van der Waals surface area (Å²) in [4.78, 5) is 21.3. The van der Waals surface area contributed by atoms with Gasteiger partial charge in [0.1, 0.15) is 5.82 Å². The van der Waals surface area contributed by atoms with E-state index < -0.39 is 24.6 Å². The highest BCUT2D eigenvalue weighted by molar-refractivity contribution is 7.49. The fourth-order valence-electron chi connectivity index (χ4n) is 2.02. The largest absolute Gasteiger partial charge is 0.806 e. The van der Waals surface area contributed by atoms with Crippen molar-refractivity contribution in [1.29, 1.82) is 0 Å². The van der Waals surface area contributed by atoms with E-state index in [2.05, 4.69) is 0 Å². The van der Waals surface area contributed by atoms with Gasteiger partial charge < -0.3 is 14.4 Å². The summed E-state index contributed by atoms with van der Waals surface area (Å²) in [5, 5.41) is 0. The molecule has 1 aromatic carbocycles. The highest BCUT2D eigenvalue weighted by Gasteiger charge is 2.40. The zero-order valence-electron chi connectivity index (χ0n) is 10.8. The SMILES string of the molecule is CCc1cc(C(F)(F)P(=O)([O-])[O-])c(F)c(CC)c1C. The van der Waals surface area contributed by atoms with Crippen LogP contribution in [-0.4, -0.2) is 0 Å². The Bertz CT molecular complexity index is 538. The molecule has 0 saturated carbocycles. The molecule has 0 aliphatic heterocycles. The molecule has 108 valence electrons. The Hall–Kier alpha value is -0.840. The van der Waals surface area contributed by atoms with Gasteiger partial charge in [-0.1, -0.05) is 13.8 Å². The minimum absolute atomic E-state index is 0.0162. The van der Waals surface area contributed by atoms with Gasteiger partial charge in [0, 0.05) is 7.60 Å². The summed E-state index contributed by atoms with van der Waals surface area (Å²) < 4.78 is 51.8. The minimum Gasteiger partial charge on any atom is -0.806 e. The van der Waals surface area contributed by atoms with Crippen LogP contribution in [0.2, 0.25) is 0 Å². The van der Waals surface area contributed by atoms with Gasteiger partial charge in [0.05, 0.1) is 5.56 Å². The lowest BCUT2D eigenvalue weighted by Crippen LogP contribution is -2.31. The molecule has 0 aliphatic carbocycles. The molecule has 19 heavy (non-hydrogen) atoms. The van der Waals surface area contributed by atoms with Crippen LogP contribution in [0.5, 0.6) is 0 Å². The number of halogens is 3. The Labute approximate surface area is 109 Å². The third-order valence-electron chi connectivity index (χ3n) is 3.16. The lowest BCUT2D eigenvalue weighted by molar-refractivity contribution is -0.335. The van der Waals surface area contributed by atoms with Crippen molar-refractivity contribution in [3.8, 4) is 0 Å². The van der Waals surface area contributed by atoms with E-state index >= 15 is 0 Å². The van der Waals surface area contributed by atoms with Gasteiger partial charge in [-0.05, 0) is 42.5 Å². The highest BCUT2D eigenvalue weighted by Crippen LogP contribution is 2.54. The van der Waals surface area contributed by atoms with E-state index in [9.17, 15) is 27.5 Å². The van der Waals surface area contributed by atoms with Crippen molar-refractivity contribution in [1.82, 2.24) is 0 Å². The van der Waals surface area contributed by atoms with E-state index in [4.69, 9.17) is 0 Å². The summed E-state index contributed by atoms with van der Waals surface area (Å²) in [6.45, 7) is 4.83. The van der Waals surface area contributed by atoms with Crippen LogP contribution in [0.25, 0.3) is 0 Å². The van der Waals surface area contributed by atoms with Gasteiger partial charge in [-0.25, -0.2) is 4.39 Å². The van der Waals surface area contributed by atoms with Gasteiger partial charge in [-0.3, -0.25) is 0 Å². The second kappa shape index (κ2) is 5.27. The number of rotatable bonds is 4. The summed E-state index contributed by atoms with van der Waals surface area (Å²) in [6, 6.07) is 0.770. The van der Waals surface area contributed by atoms with Gasteiger partial charge in [0.15, 0.2) is 0 Å². The molecule has 0 bridgehead atoms. The van der Waals surface area contributed by atoms with Crippen LogP contribution in [0.4, 0.5) is 13.2 Å². The second-order valence-corrected chi connectivity index (χ2v) is 5.80. The third-order valence-corrected chi connectivity index (χ3v) is 4.09. The summed E-state index contributed by atoms with van der Waals surface area (Å²) in [6.07, 6.45) is 0.473. The molecule has 0 radical (unpaired) electrons. The van der Waals surface area contributed by atoms with Crippen molar-refractivity contribution in [2.75, 3.05) is 0 Å². The summed E-state index contributed by atoms with van der Waals surface area (Å²) in [7, 11) is -6.27. The average Bonchev–Trinajstić information content (AvgIpc) is 2.28. The number of benzene rings is 1. The lowest BCUT2D eigenvalue weighted by Gasteiger charge is -2.38. The number of aryl methyl sites for hydroxylation is 1. The first-order chi connectivity index (χ1) is 8.57. The summed E-state index contributed by atoms with van der Waals surface area (Å²) in [5.41, 5.74) is -5.16. The normalized spacial score (nSPS) is 12.8. The van der Waals surface area contributed by atoms with E-state index in [-0.39, 0.29) is 12.0 Å². The van der Waals surface area contributed by atoms with E-state index in [1.54, 1.807) is 20.8 Å². The van der Waals surface area contributed by atoms with E-state index in [1.165, 1.54) is 0 Å². The topological polar surface area (TPSA) is 63.2 Å². The van der Waals surface area contributed by atoms with Crippen LogP contribution in [0, 0.1) is 12.7 Å². The molecule has 1 aromatic rings. The fraction of sp³-hybridized carbons (Fsp3) is 0.500. The predicted octanol–water partition coefficient (Wildman–Crippen LogP) is 2.22. The molecule has 0 atom stereocenters. The van der Waals surface area contributed by atoms with Crippen molar-refractivity contribution < 1.29 is 27.5 Å². The molecule has 0 amide bonds. The van der Waals surface area contributed by atoms with Crippen molar-refractivity contribution in [2.45, 2.75) is 39.3 Å². The fourth-order valence-corrected chi connectivity index (χ4v) is 2.48. The molecule has 0 aliphatic rings. The molecule has 0 saturated heterocycles. The van der Waals surface area contributed by atoms with Gasteiger partial charge in [0.25, 0.3) is 5.66 Å². The molecule has 0 fully saturated rings. The van der Waals surface area contributed by atoms with E-state index in [0.29, 0.717) is 17.5 Å². The zero-order valence-corrected chi connectivity index (χ0v) is 11.7. The van der Waals surface area contributed by atoms with Gasteiger partial charge in [-0.15, -0.1) is 0 Å². The summed E-state index contributed by atoms with van der Waals surface area (Å²) >= 11 is 0. The molecule has 1 rings (SSSR count). The Kier molecular flexibility index (Phi) is 4.50. The standard InChI is InChI=1S/C12H16F3O3P/c1-4-8-6-10(12(14,15)19(16,17)18)11(13)9(5-2)7(8)3/h6H,4-5H2,1-3H3,(H2,16,17,18)/p-2. The van der Waals surface area contributed by atoms with Gasteiger partial charge >= 0.3 is 0 Å². The first-order valence-electron chi connectivity index (χ1n) is 5.79. The molecule has 0 aromatic heterocycles. The second-order valence-electron chi connectivity index (χ2n) is 4.25.